The van der Waals surface area contributed by atoms with Crippen molar-refractivity contribution in [1.82, 2.24) is 4.57 Å². The number of aryl methyl sites for hydroxylation is 2. The van der Waals surface area contributed by atoms with E-state index in [1.807, 2.05) is 55.5 Å². The third kappa shape index (κ3) is 3.87. The third-order valence-electron chi connectivity index (χ3n) is 4.74. The Bertz CT molecular complexity index is 1010. The number of ether oxygens (including phenoxy) is 1. The Hall–Kier alpha value is -3.08. The summed E-state index contributed by atoms with van der Waals surface area (Å²) in [6.07, 6.45) is 0.958. The minimum atomic E-state index is -0.168. The first-order chi connectivity index (χ1) is 13.0. The standard InChI is InChI=1S/C22H24N2O3/c1-4-16-10-12-17(13-11-16)24(5-2)22(26)15-27-20-14-21(25)23(3)19-9-7-6-8-18(19)20/h6-14H,4-5,15H2,1-3H3. The Labute approximate surface area is 158 Å². The van der Waals surface area contributed by atoms with Gasteiger partial charge in [-0.25, -0.2) is 0 Å². The van der Waals surface area contributed by atoms with Gasteiger partial charge in [-0.3, -0.25) is 9.59 Å². The number of hydrogen-bond donors (Lipinski definition) is 0. The maximum Gasteiger partial charge on any atom is 0.264 e. The molecule has 0 radical (unpaired) electrons. The second-order valence-corrected chi connectivity index (χ2v) is 6.37. The zero-order valence-corrected chi connectivity index (χ0v) is 15.9. The molecule has 1 amide bonds. The second kappa shape index (κ2) is 8.08. The van der Waals surface area contributed by atoms with Crippen molar-refractivity contribution in [3.05, 3.63) is 70.5 Å². The SMILES string of the molecule is CCc1ccc(N(CC)C(=O)COc2cc(=O)n(C)c3ccccc23)cc1. The van der Waals surface area contributed by atoms with E-state index in [0.29, 0.717) is 12.3 Å². The van der Waals surface area contributed by atoms with Crippen LogP contribution in [0.15, 0.2) is 59.4 Å². The first-order valence-electron chi connectivity index (χ1n) is 9.16. The van der Waals surface area contributed by atoms with Crippen molar-refractivity contribution < 1.29 is 9.53 Å². The van der Waals surface area contributed by atoms with Gasteiger partial charge >= 0.3 is 0 Å². The zero-order chi connectivity index (χ0) is 19.4. The van der Waals surface area contributed by atoms with Gasteiger partial charge in [0.1, 0.15) is 5.75 Å². The first kappa shape index (κ1) is 18.7. The van der Waals surface area contributed by atoms with E-state index in [4.69, 9.17) is 4.74 Å². The first-order valence-corrected chi connectivity index (χ1v) is 9.16. The fourth-order valence-electron chi connectivity index (χ4n) is 3.13. The molecule has 1 heterocycles. The van der Waals surface area contributed by atoms with Crippen LogP contribution < -0.4 is 15.2 Å². The summed E-state index contributed by atoms with van der Waals surface area (Å²) in [5.41, 5.74) is 2.68. The lowest BCUT2D eigenvalue weighted by atomic mass is 10.1. The number of fused-ring (bicyclic) bond motifs is 1. The van der Waals surface area contributed by atoms with Crippen LogP contribution in [0.5, 0.6) is 5.75 Å². The number of hydrogen-bond acceptors (Lipinski definition) is 3. The van der Waals surface area contributed by atoms with Gasteiger partial charge in [0.15, 0.2) is 6.61 Å². The molecule has 2 aromatic carbocycles. The van der Waals surface area contributed by atoms with E-state index < -0.39 is 0 Å². The fourth-order valence-corrected chi connectivity index (χ4v) is 3.13. The largest absolute Gasteiger partial charge is 0.483 e. The van der Waals surface area contributed by atoms with E-state index in [-0.39, 0.29) is 18.1 Å². The molecule has 0 aliphatic carbocycles. The van der Waals surface area contributed by atoms with Crippen LogP contribution in [-0.2, 0) is 18.3 Å². The fraction of sp³-hybridized carbons (Fsp3) is 0.273. The maximum absolute atomic E-state index is 12.7. The van der Waals surface area contributed by atoms with Crippen LogP contribution >= 0.6 is 0 Å². The number of aromatic nitrogens is 1. The molecule has 0 atom stereocenters. The molecule has 0 fully saturated rings. The highest BCUT2D eigenvalue weighted by atomic mass is 16.5. The molecule has 0 saturated heterocycles. The predicted molar refractivity (Wildman–Crippen MR) is 109 cm³/mol. The van der Waals surface area contributed by atoms with Gasteiger partial charge in [-0.05, 0) is 43.2 Å². The van der Waals surface area contributed by atoms with Gasteiger partial charge in [0.25, 0.3) is 11.5 Å². The highest BCUT2D eigenvalue weighted by Crippen LogP contribution is 2.23. The average Bonchev–Trinajstić information content (AvgIpc) is 2.70. The van der Waals surface area contributed by atoms with Crippen LogP contribution in [-0.4, -0.2) is 23.6 Å². The van der Waals surface area contributed by atoms with Crippen LogP contribution in [0.1, 0.15) is 19.4 Å². The number of carbonyl (C=O) groups excluding carboxylic acids is 1. The van der Waals surface area contributed by atoms with Gasteiger partial charge in [-0.2, -0.15) is 0 Å². The molecule has 0 spiro atoms. The molecule has 3 aromatic rings. The van der Waals surface area contributed by atoms with E-state index in [9.17, 15) is 9.59 Å². The van der Waals surface area contributed by atoms with Crippen molar-refractivity contribution in [2.24, 2.45) is 7.05 Å². The molecule has 140 valence electrons. The highest BCUT2D eigenvalue weighted by Gasteiger charge is 2.16. The Balaban J connectivity index is 1.81. The molecule has 1 aromatic heterocycles. The molecule has 0 N–H and O–H groups in total. The number of carbonyl (C=O) groups is 1. The molecule has 27 heavy (non-hydrogen) atoms. The van der Waals surface area contributed by atoms with Crippen molar-refractivity contribution >= 4 is 22.5 Å². The topological polar surface area (TPSA) is 51.5 Å². The molecule has 0 bridgehead atoms. The molecule has 0 aliphatic rings. The molecule has 5 heteroatoms. The van der Waals surface area contributed by atoms with Crippen molar-refractivity contribution in [2.75, 3.05) is 18.1 Å². The average molecular weight is 364 g/mol. The lowest BCUT2D eigenvalue weighted by Gasteiger charge is -2.21. The van der Waals surface area contributed by atoms with E-state index in [2.05, 4.69) is 6.92 Å². The number of nitrogens with zero attached hydrogens (tertiary/aromatic N) is 2. The van der Waals surface area contributed by atoms with Crippen LogP contribution in [0.2, 0.25) is 0 Å². The molecular weight excluding hydrogens is 340 g/mol. The summed E-state index contributed by atoms with van der Waals surface area (Å²) in [5.74, 6) is 0.283. The minimum absolute atomic E-state index is 0.124. The monoisotopic (exact) mass is 364 g/mol. The van der Waals surface area contributed by atoms with Crippen LogP contribution in [0.4, 0.5) is 5.69 Å². The zero-order valence-electron chi connectivity index (χ0n) is 15.9. The number of anilines is 1. The molecule has 0 unspecified atom stereocenters. The van der Waals surface area contributed by atoms with E-state index in [0.717, 1.165) is 23.0 Å². The molecule has 5 nitrogen and oxygen atoms in total. The maximum atomic E-state index is 12.7. The van der Waals surface area contributed by atoms with Gasteiger partial charge < -0.3 is 14.2 Å². The Morgan fingerprint density at radius 1 is 1.07 bits per heavy atom. The van der Waals surface area contributed by atoms with Gasteiger partial charge in [0.05, 0.1) is 5.52 Å². The lowest BCUT2D eigenvalue weighted by molar-refractivity contribution is -0.120. The van der Waals surface area contributed by atoms with Crippen LogP contribution in [0, 0.1) is 0 Å². The molecule has 0 aliphatic heterocycles. The quantitative estimate of drug-likeness (QED) is 0.672. The van der Waals surface area contributed by atoms with Crippen LogP contribution in [0.25, 0.3) is 10.9 Å². The summed E-state index contributed by atoms with van der Waals surface area (Å²) in [5, 5.41) is 0.808. The van der Waals surface area contributed by atoms with Crippen molar-refractivity contribution in [3.8, 4) is 5.75 Å². The molecular formula is C22H24N2O3. The van der Waals surface area contributed by atoms with E-state index in [1.165, 1.54) is 11.6 Å². The third-order valence-corrected chi connectivity index (χ3v) is 4.74. The molecule has 3 rings (SSSR count). The van der Waals surface area contributed by atoms with Crippen molar-refractivity contribution in [1.29, 1.82) is 0 Å². The van der Waals surface area contributed by atoms with Gasteiger partial charge in [0, 0.05) is 30.7 Å². The van der Waals surface area contributed by atoms with E-state index >= 15 is 0 Å². The van der Waals surface area contributed by atoms with Gasteiger partial charge in [-0.1, -0.05) is 31.2 Å². The number of amides is 1. The van der Waals surface area contributed by atoms with Crippen molar-refractivity contribution in [2.45, 2.75) is 20.3 Å². The summed E-state index contributed by atoms with van der Waals surface area (Å²) < 4.78 is 7.33. The Kier molecular flexibility index (Phi) is 5.60. The smallest absolute Gasteiger partial charge is 0.264 e. The summed E-state index contributed by atoms with van der Waals surface area (Å²) in [6, 6.07) is 16.9. The Morgan fingerprint density at radius 2 is 1.78 bits per heavy atom. The van der Waals surface area contributed by atoms with Crippen molar-refractivity contribution in [3.63, 3.8) is 0 Å². The Morgan fingerprint density at radius 3 is 2.44 bits per heavy atom. The summed E-state index contributed by atoms with van der Waals surface area (Å²) in [6.45, 7) is 4.45. The number of benzene rings is 2. The van der Waals surface area contributed by atoms with Gasteiger partial charge in [0.2, 0.25) is 0 Å². The summed E-state index contributed by atoms with van der Waals surface area (Å²) >= 11 is 0. The van der Waals surface area contributed by atoms with Gasteiger partial charge in [-0.15, -0.1) is 0 Å². The number of para-hydroxylation sites is 1. The summed E-state index contributed by atoms with van der Waals surface area (Å²) in [7, 11) is 1.72. The normalized spacial score (nSPS) is 10.8. The second-order valence-electron chi connectivity index (χ2n) is 6.37. The van der Waals surface area contributed by atoms with Crippen LogP contribution in [0.3, 0.4) is 0 Å². The number of likely N-dealkylation sites (N-methyl/N-ethyl adjacent to an activating group) is 1. The minimum Gasteiger partial charge on any atom is -0.483 e. The predicted octanol–water partition coefficient (Wildman–Crippen LogP) is 3.53. The molecule has 0 saturated carbocycles. The highest BCUT2D eigenvalue weighted by molar-refractivity contribution is 5.94. The van der Waals surface area contributed by atoms with E-state index in [1.54, 1.807) is 16.5 Å². The summed E-state index contributed by atoms with van der Waals surface area (Å²) in [4.78, 5) is 26.5. The number of pyridine rings is 1. The number of rotatable bonds is 6. The lowest BCUT2D eigenvalue weighted by Crippen LogP contribution is -2.35.